The van der Waals surface area contributed by atoms with Crippen molar-refractivity contribution in [1.82, 2.24) is 0 Å². The van der Waals surface area contributed by atoms with Crippen LogP contribution in [0.25, 0.3) is 0 Å². The van der Waals surface area contributed by atoms with Gasteiger partial charge in [-0.15, -0.1) is 0 Å². The molecular weight excluding hydrogens is 337 g/mol. The third-order valence-electron chi connectivity index (χ3n) is 4.86. The number of ether oxygens (including phenoxy) is 1. The molecule has 2 heterocycles. The van der Waals surface area contributed by atoms with Gasteiger partial charge in [0.25, 0.3) is 0 Å². The number of fused-ring (bicyclic) bond motifs is 2. The number of hydrogen-bond donors (Lipinski definition) is 1. The molecule has 23 heavy (non-hydrogen) atoms. The summed E-state index contributed by atoms with van der Waals surface area (Å²) >= 11 is 12.3. The van der Waals surface area contributed by atoms with E-state index in [0.717, 1.165) is 24.1 Å². The van der Waals surface area contributed by atoms with Crippen molar-refractivity contribution in [3.05, 3.63) is 33.8 Å². The third-order valence-corrected chi connectivity index (χ3v) is 5.60. The Balaban J connectivity index is 2.01. The van der Waals surface area contributed by atoms with Crippen molar-refractivity contribution in [2.75, 3.05) is 7.11 Å². The Kier molecular flexibility index (Phi) is 5.16. The van der Waals surface area contributed by atoms with Gasteiger partial charge in [-0.25, -0.2) is 0 Å². The second kappa shape index (κ2) is 6.98. The van der Waals surface area contributed by atoms with Gasteiger partial charge >= 0.3 is 0 Å². The van der Waals surface area contributed by atoms with Crippen LogP contribution < -0.4 is 0 Å². The largest absolute Gasteiger partial charge is 0.399 e. The SMILES string of the molecule is CCC(=NOC)[C@H]1[C@@H](c2ccc(Cl)c(Cl)c2)CC2CC(O)[C@H]1O2. The maximum Gasteiger partial charge on any atom is 0.106 e. The molecule has 0 radical (unpaired) electrons. The van der Waals surface area contributed by atoms with E-state index in [0.29, 0.717) is 16.5 Å². The summed E-state index contributed by atoms with van der Waals surface area (Å²) in [6.45, 7) is 2.04. The molecule has 6 heteroatoms. The van der Waals surface area contributed by atoms with E-state index in [2.05, 4.69) is 5.16 Å². The van der Waals surface area contributed by atoms with Crippen molar-refractivity contribution in [2.24, 2.45) is 11.1 Å². The molecule has 1 aromatic rings. The zero-order valence-corrected chi connectivity index (χ0v) is 14.7. The fourth-order valence-electron chi connectivity index (χ4n) is 3.89. The minimum absolute atomic E-state index is 0.0223. The lowest BCUT2D eigenvalue weighted by Gasteiger charge is -2.38. The summed E-state index contributed by atoms with van der Waals surface area (Å²) in [4.78, 5) is 5.02. The molecule has 4 nitrogen and oxygen atoms in total. The summed E-state index contributed by atoms with van der Waals surface area (Å²) in [5.41, 5.74) is 2.02. The molecule has 1 N–H and O–H groups in total. The van der Waals surface area contributed by atoms with E-state index in [1.54, 1.807) is 7.11 Å². The van der Waals surface area contributed by atoms with Gasteiger partial charge in [0.1, 0.15) is 7.11 Å². The van der Waals surface area contributed by atoms with Gasteiger partial charge in [-0.05, 0) is 36.5 Å². The predicted octanol–water partition coefficient (Wildman–Crippen LogP) is 4.03. The molecule has 1 aromatic carbocycles. The van der Waals surface area contributed by atoms with Gasteiger partial charge < -0.3 is 14.7 Å². The Morgan fingerprint density at radius 2 is 2.13 bits per heavy atom. The van der Waals surface area contributed by atoms with E-state index < -0.39 is 6.10 Å². The normalized spacial score (nSPS) is 33.8. The Morgan fingerprint density at radius 1 is 1.35 bits per heavy atom. The highest BCUT2D eigenvalue weighted by Gasteiger charge is 2.50. The van der Waals surface area contributed by atoms with Crippen molar-refractivity contribution < 1.29 is 14.7 Å². The van der Waals surface area contributed by atoms with Crippen molar-refractivity contribution in [3.63, 3.8) is 0 Å². The van der Waals surface area contributed by atoms with Gasteiger partial charge in [0.15, 0.2) is 0 Å². The lowest BCUT2D eigenvalue weighted by atomic mass is 9.75. The smallest absolute Gasteiger partial charge is 0.106 e. The minimum Gasteiger partial charge on any atom is -0.399 e. The fraction of sp³-hybridized carbons (Fsp3) is 0.588. The Bertz CT molecular complexity index is 608. The number of aliphatic hydroxyl groups is 1. The predicted molar refractivity (Wildman–Crippen MR) is 91.3 cm³/mol. The minimum atomic E-state index is -0.466. The molecule has 0 spiro atoms. The van der Waals surface area contributed by atoms with Crippen LogP contribution in [0.4, 0.5) is 0 Å². The summed E-state index contributed by atoms with van der Waals surface area (Å²) in [5.74, 6) is 0.158. The average Bonchev–Trinajstić information content (AvgIpc) is 2.83. The summed E-state index contributed by atoms with van der Waals surface area (Å²) < 4.78 is 6.01. The van der Waals surface area contributed by atoms with Crippen LogP contribution in [0.5, 0.6) is 0 Å². The molecule has 0 aromatic heterocycles. The molecule has 2 fully saturated rings. The van der Waals surface area contributed by atoms with Crippen LogP contribution in [-0.2, 0) is 9.57 Å². The molecule has 3 rings (SSSR count). The molecule has 0 saturated carbocycles. The van der Waals surface area contributed by atoms with E-state index in [1.165, 1.54) is 0 Å². The van der Waals surface area contributed by atoms with Crippen LogP contribution in [0, 0.1) is 5.92 Å². The van der Waals surface area contributed by atoms with Crippen LogP contribution in [0.15, 0.2) is 23.4 Å². The molecule has 2 unspecified atom stereocenters. The van der Waals surface area contributed by atoms with Gasteiger partial charge in [-0.1, -0.05) is 41.3 Å². The Labute approximate surface area is 146 Å². The maximum atomic E-state index is 10.4. The number of aliphatic hydroxyl groups excluding tert-OH is 1. The Hall–Kier alpha value is -0.810. The summed E-state index contributed by atoms with van der Waals surface area (Å²) in [6.07, 6.45) is 1.61. The van der Waals surface area contributed by atoms with Crippen molar-refractivity contribution >= 4 is 28.9 Å². The first kappa shape index (κ1) is 17.0. The molecule has 2 saturated heterocycles. The van der Waals surface area contributed by atoms with Crippen LogP contribution in [0.2, 0.25) is 10.0 Å². The standard InChI is InChI=1S/C17H21Cl2NO3/c1-3-14(20-22-2)16-11(7-10-8-15(21)17(16)23-10)9-4-5-12(18)13(19)6-9/h4-6,10-11,15-17,21H,3,7-8H2,1-2H3/t10?,11-,15?,16-,17-/m1/s1. The maximum absolute atomic E-state index is 10.4. The van der Waals surface area contributed by atoms with E-state index >= 15 is 0 Å². The first-order chi connectivity index (χ1) is 11.0. The number of rotatable bonds is 4. The van der Waals surface area contributed by atoms with Gasteiger partial charge in [-0.3, -0.25) is 0 Å². The highest BCUT2D eigenvalue weighted by Crippen LogP contribution is 2.47. The number of benzene rings is 1. The van der Waals surface area contributed by atoms with E-state index in [9.17, 15) is 5.11 Å². The van der Waals surface area contributed by atoms with Gasteiger partial charge in [0.05, 0.1) is 34.1 Å². The number of oxime groups is 1. The lowest BCUT2D eigenvalue weighted by Crippen LogP contribution is -2.42. The third kappa shape index (κ3) is 3.22. The number of halogens is 2. The van der Waals surface area contributed by atoms with Crippen LogP contribution in [0.3, 0.4) is 0 Å². The zero-order valence-electron chi connectivity index (χ0n) is 13.2. The molecule has 5 atom stereocenters. The second-order valence-electron chi connectivity index (χ2n) is 6.19. The summed E-state index contributed by atoms with van der Waals surface area (Å²) in [7, 11) is 1.54. The monoisotopic (exact) mass is 357 g/mol. The first-order valence-electron chi connectivity index (χ1n) is 7.93. The average molecular weight is 358 g/mol. The summed E-state index contributed by atoms with van der Waals surface area (Å²) in [5, 5.41) is 15.7. The topological polar surface area (TPSA) is 51.0 Å². The molecule has 0 amide bonds. The summed E-state index contributed by atoms with van der Waals surface area (Å²) in [6, 6.07) is 5.74. The van der Waals surface area contributed by atoms with Crippen molar-refractivity contribution in [1.29, 1.82) is 0 Å². The molecule has 2 bridgehead atoms. The molecule has 126 valence electrons. The molecule has 2 aliphatic rings. The van der Waals surface area contributed by atoms with Crippen LogP contribution in [-0.4, -0.2) is 36.2 Å². The number of hydrogen-bond acceptors (Lipinski definition) is 4. The van der Waals surface area contributed by atoms with Gasteiger partial charge in [0.2, 0.25) is 0 Å². The second-order valence-corrected chi connectivity index (χ2v) is 7.00. The van der Waals surface area contributed by atoms with Crippen LogP contribution >= 0.6 is 23.2 Å². The van der Waals surface area contributed by atoms with Crippen molar-refractivity contribution in [3.8, 4) is 0 Å². The van der Waals surface area contributed by atoms with Crippen LogP contribution in [0.1, 0.15) is 37.7 Å². The zero-order chi connectivity index (χ0) is 16.6. The quantitative estimate of drug-likeness (QED) is 0.653. The van der Waals surface area contributed by atoms with E-state index in [4.69, 9.17) is 32.8 Å². The highest BCUT2D eigenvalue weighted by molar-refractivity contribution is 6.42. The highest BCUT2D eigenvalue weighted by atomic mass is 35.5. The lowest BCUT2D eigenvalue weighted by molar-refractivity contribution is -0.0509. The van der Waals surface area contributed by atoms with Gasteiger partial charge in [0, 0.05) is 12.3 Å². The van der Waals surface area contributed by atoms with Crippen molar-refractivity contribution in [2.45, 2.75) is 50.4 Å². The molecule has 0 aliphatic carbocycles. The van der Waals surface area contributed by atoms with E-state index in [1.807, 2.05) is 25.1 Å². The molecule has 2 aliphatic heterocycles. The fourth-order valence-corrected chi connectivity index (χ4v) is 4.20. The van der Waals surface area contributed by atoms with E-state index in [-0.39, 0.29) is 24.0 Å². The molecular formula is C17H21Cl2NO3. The first-order valence-corrected chi connectivity index (χ1v) is 8.69. The number of nitrogens with zero attached hydrogens (tertiary/aromatic N) is 1. The van der Waals surface area contributed by atoms with Gasteiger partial charge in [-0.2, -0.15) is 0 Å². The Morgan fingerprint density at radius 3 is 2.78 bits per heavy atom.